The van der Waals surface area contributed by atoms with E-state index in [4.69, 9.17) is 9.47 Å². The predicted molar refractivity (Wildman–Crippen MR) is 75.8 cm³/mol. The van der Waals surface area contributed by atoms with E-state index in [0.29, 0.717) is 11.1 Å². The molecule has 0 radical (unpaired) electrons. The second-order valence-corrected chi connectivity index (χ2v) is 4.82. The number of hydrogen-bond acceptors (Lipinski definition) is 4. The van der Waals surface area contributed by atoms with Crippen LogP contribution >= 0.6 is 0 Å². The Balaban J connectivity index is 2.13. The molecule has 21 heavy (non-hydrogen) atoms. The largest absolute Gasteiger partial charge is 0.468 e. The molecule has 2 atom stereocenters. The molecule has 0 bridgehead atoms. The van der Waals surface area contributed by atoms with E-state index >= 15 is 0 Å². The van der Waals surface area contributed by atoms with Gasteiger partial charge in [0.05, 0.1) is 12.7 Å². The van der Waals surface area contributed by atoms with E-state index in [2.05, 4.69) is 0 Å². The molecule has 0 fully saturated rings. The van der Waals surface area contributed by atoms with Gasteiger partial charge in [-0.15, -0.1) is 0 Å². The van der Waals surface area contributed by atoms with E-state index in [0.717, 1.165) is 5.56 Å². The van der Waals surface area contributed by atoms with E-state index < -0.39 is 24.0 Å². The van der Waals surface area contributed by atoms with Gasteiger partial charge in [-0.3, -0.25) is 4.79 Å². The van der Waals surface area contributed by atoms with Gasteiger partial charge in [-0.25, -0.2) is 4.79 Å². The van der Waals surface area contributed by atoms with Crippen molar-refractivity contribution in [2.45, 2.75) is 12.0 Å². The van der Waals surface area contributed by atoms with Gasteiger partial charge in [0.1, 0.15) is 12.0 Å². The predicted octanol–water partition coefficient (Wildman–Crippen LogP) is 2.85. The minimum Gasteiger partial charge on any atom is -0.468 e. The van der Waals surface area contributed by atoms with Crippen molar-refractivity contribution in [3.05, 3.63) is 71.3 Å². The Labute approximate surface area is 122 Å². The van der Waals surface area contributed by atoms with Crippen molar-refractivity contribution in [2.75, 3.05) is 7.11 Å². The second kappa shape index (κ2) is 5.40. The van der Waals surface area contributed by atoms with Gasteiger partial charge in [-0.1, -0.05) is 48.5 Å². The molecule has 1 heterocycles. The molecule has 0 saturated carbocycles. The number of fused-ring (bicyclic) bond motifs is 1. The van der Waals surface area contributed by atoms with Crippen LogP contribution in [-0.4, -0.2) is 19.0 Å². The first-order valence-corrected chi connectivity index (χ1v) is 6.65. The van der Waals surface area contributed by atoms with Crippen molar-refractivity contribution in [1.82, 2.24) is 0 Å². The van der Waals surface area contributed by atoms with E-state index in [9.17, 15) is 9.59 Å². The lowest BCUT2D eigenvalue weighted by Gasteiger charge is -2.31. The molecule has 1 aliphatic rings. The van der Waals surface area contributed by atoms with Crippen LogP contribution < -0.4 is 0 Å². The Morgan fingerprint density at radius 2 is 1.71 bits per heavy atom. The number of rotatable bonds is 2. The van der Waals surface area contributed by atoms with Crippen molar-refractivity contribution < 1.29 is 19.1 Å². The summed E-state index contributed by atoms with van der Waals surface area (Å²) in [6, 6.07) is 16.2. The highest BCUT2D eigenvalue weighted by Gasteiger charge is 2.41. The zero-order chi connectivity index (χ0) is 14.8. The van der Waals surface area contributed by atoms with Gasteiger partial charge in [0.15, 0.2) is 0 Å². The molecule has 4 heteroatoms. The standard InChI is InChI=1S/C17H14O4/c1-20-17(19)14-12-9-5-6-10-13(12)16(18)21-15(14)11-7-3-2-4-8-11/h2-10,14-15H,1H3/t14-,15+/m0/s1. The molecule has 0 saturated heterocycles. The van der Waals surface area contributed by atoms with E-state index in [1.54, 1.807) is 24.3 Å². The summed E-state index contributed by atoms with van der Waals surface area (Å²) in [7, 11) is 1.34. The zero-order valence-electron chi connectivity index (χ0n) is 11.5. The molecular weight excluding hydrogens is 268 g/mol. The summed E-state index contributed by atoms with van der Waals surface area (Å²) >= 11 is 0. The summed E-state index contributed by atoms with van der Waals surface area (Å²) in [5.74, 6) is -1.48. The van der Waals surface area contributed by atoms with Crippen molar-refractivity contribution in [3.8, 4) is 0 Å². The molecule has 0 aliphatic carbocycles. The molecule has 106 valence electrons. The monoisotopic (exact) mass is 282 g/mol. The second-order valence-electron chi connectivity index (χ2n) is 4.82. The minimum atomic E-state index is -0.666. The summed E-state index contributed by atoms with van der Waals surface area (Å²) in [5, 5.41) is 0. The Morgan fingerprint density at radius 3 is 2.43 bits per heavy atom. The third-order valence-electron chi connectivity index (χ3n) is 3.64. The van der Waals surface area contributed by atoms with Gasteiger partial charge in [0, 0.05) is 0 Å². The van der Waals surface area contributed by atoms with Crippen molar-refractivity contribution in [2.24, 2.45) is 0 Å². The molecule has 3 rings (SSSR count). The lowest BCUT2D eigenvalue weighted by Crippen LogP contribution is -2.31. The average Bonchev–Trinajstić information content (AvgIpc) is 2.55. The van der Waals surface area contributed by atoms with Crippen LogP contribution in [0.2, 0.25) is 0 Å². The SMILES string of the molecule is COC(=O)[C@H]1c2ccccc2C(=O)O[C@@H]1c1ccccc1. The van der Waals surface area contributed by atoms with Crippen LogP contribution in [0.5, 0.6) is 0 Å². The first kappa shape index (κ1) is 13.4. The van der Waals surface area contributed by atoms with Crippen molar-refractivity contribution >= 4 is 11.9 Å². The van der Waals surface area contributed by atoms with E-state index in [1.807, 2.05) is 30.3 Å². The maximum atomic E-state index is 12.2. The third-order valence-corrected chi connectivity index (χ3v) is 3.64. The van der Waals surface area contributed by atoms with Crippen molar-refractivity contribution in [1.29, 1.82) is 0 Å². The summed E-state index contributed by atoms with van der Waals surface area (Å²) in [4.78, 5) is 24.4. The fourth-order valence-corrected chi connectivity index (χ4v) is 2.64. The fraction of sp³-hybridized carbons (Fsp3) is 0.176. The van der Waals surface area contributed by atoms with Crippen LogP contribution in [0, 0.1) is 0 Å². The summed E-state index contributed by atoms with van der Waals surface area (Å²) in [6.45, 7) is 0. The Kier molecular flexibility index (Phi) is 3.44. The van der Waals surface area contributed by atoms with E-state index in [-0.39, 0.29) is 0 Å². The quantitative estimate of drug-likeness (QED) is 0.795. The number of carbonyl (C=O) groups is 2. The Bertz CT molecular complexity index is 678. The van der Waals surface area contributed by atoms with Crippen molar-refractivity contribution in [3.63, 3.8) is 0 Å². The average molecular weight is 282 g/mol. The van der Waals surface area contributed by atoms with Gasteiger partial charge < -0.3 is 9.47 Å². The number of ether oxygens (including phenoxy) is 2. The molecular formula is C17H14O4. The highest BCUT2D eigenvalue weighted by molar-refractivity contribution is 5.96. The summed E-state index contributed by atoms with van der Waals surface area (Å²) in [6.07, 6.45) is -0.666. The number of cyclic esters (lactones) is 1. The number of esters is 2. The van der Waals surface area contributed by atoms with Crippen LogP contribution in [0.3, 0.4) is 0 Å². The molecule has 4 nitrogen and oxygen atoms in total. The highest BCUT2D eigenvalue weighted by atomic mass is 16.6. The first-order chi connectivity index (χ1) is 10.2. The van der Waals surface area contributed by atoms with Gasteiger partial charge in [0.2, 0.25) is 0 Å². The number of hydrogen-bond donors (Lipinski definition) is 0. The first-order valence-electron chi connectivity index (χ1n) is 6.65. The van der Waals surface area contributed by atoms with Crippen LogP contribution in [0.25, 0.3) is 0 Å². The maximum absolute atomic E-state index is 12.2. The summed E-state index contributed by atoms with van der Waals surface area (Å²) in [5.41, 5.74) is 1.84. The molecule has 2 aromatic carbocycles. The Hall–Kier alpha value is -2.62. The molecule has 0 aromatic heterocycles. The summed E-state index contributed by atoms with van der Waals surface area (Å²) < 4.78 is 10.4. The van der Waals surface area contributed by atoms with Gasteiger partial charge in [0.25, 0.3) is 0 Å². The normalized spacial score (nSPS) is 20.3. The minimum absolute atomic E-state index is 0.413. The smallest absolute Gasteiger partial charge is 0.339 e. The van der Waals surface area contributed by atoms with Gasteiger partial charge in [-0.2, -0.15) is 0 Å². The lowest BCUT2D eigenvalue weighted by atomic mass is 9.84. The fourth-order valence-electron chi connectivity index (χ4n) is 2.64. The number of carbonyl (C=O) groups excluding carboxylic acids is 2. The number of benzene rings is 2. The highest BCUT2D eigenvalue weighted by Crippen LogP contribution is 2.41. The molecule has 2 aromatic rings. The lowest BCUT2D eigenvalue weighted by molar-refractivity contribution is -0.146. The zero-order valence-corrected chi connectivity index (χ0v) is 11.5. The Morgan fingerprint density at radius 1 is 1.05 bits per heavy atom. The van der Waals surface area contributed by atoms with Crippen LogP contribution in [0.15, 0.2) is 54.6 Å². The van der Waals surface area contributed by atoms with Crippen LogP contribution in [0.1, 0.15) is 33.5 Å². The van der Waals surface area contributed by atoms with Gasteiger partial charge >= 0.3 is 11.9 Å². The molecule has 0 amide bonds. The third kappa shape index (κ3) is 2.29. The number of methoxy groups -OCH3 is 1. The van der Waals surface area contributed by atoms with Gasteiger partial charge in [-0.05, 0) is 17.2 Å². The maximum Gasteiger partial charge on any atom is 0.339 e. The topological polar surface area (TPSA) is 52.6 Å². The molecule has 0 N–H and O–H groups in total. The van der Waals surface area contributed by atoms with Crippen LogP contribution in [0.4, 0.5) is 0 Å². The van der Waals surface area contributed by atoms with Crippen LogP contribution in [-0.2, 0) is 14.3 Å². The molecule has 1 aliphatic heterocycles. The molecule has 0 spiro atoms. The molecule has 0 unspecified atom stereocenters. The van der Waals surface area contributed by atoms with E-state index in [1.165, 1.54) is 7.11 Å².